The first-order valence-electron chi connectivity index (χ1n) is 10.4. The maximum absolute atomic E-state index is 12.4. The first-order valence-corrected chi connectivity index (χ1v) is 10.4. The predicted octanol–water partition coefficient (Wildman–Crippen LogP) is 2.89. The van der Waals surface area contributed by atoms with Gasteiger partial charge in [0.15, 0.2) is 11.5 Å². The van der Waals surface area contributed by atoms with E-state index in [0.29, 0.717) is 43.0 Å². The number of hydrogen-bond donors (Lipinski definition) is 2. The highest BCUT2D eigenvalue weighted by molar-refractivity contribution is 5.96. The summed E-state index contributed by atoms with van der Waals surface area (Å²) in [6.07, 6.45) is 0.583. The summed E-state index contributed by atoms with van der Waals surface area (Å²) in [6.45, 7) is 10.1. The van der Waals surface area contributed by atoms with E-state index in [2.05, 4.69) is 10.9 Å². The Bertz CT molecular complexity index is 795. The minimum absolute atomic E-state index is 0.0328. The number of amides is 3. The molecule has 1 fully saturated rings. The van der Waals surface area contributed by atoms with Crippen molar-refractivity contribution in [2.75, 3.05) is 20.2 Å². The number of carbonyl (C=O) groups excluding carboxylic acids is 3. The van der Waals surface area contributed by atoms with E-state index in [4.69, 9.17) is 14.2 Å². The molecule has 1 heterocycles. The van der Waals surface area contributed by atoms with E-state index in [0.717, 1.165) is 0 Å². The fraction of sp³-hybridized carbons (Fsp3) is 0.591. The monoisotopic (exact) mass is 435 g/mol. The first kappa shape index (κ1) is 24.3. The molecule has 172 valence electrons. The maximum atomic E-state index is 12.4. The highest BCUT2D eigenvalue weighted by Crippen LogP contribution is 2.29. The molecule has 1 aliphatic rings. The highest BCUT2D eigenvalue weighted by atomic mass is 16.6. The lowest BCUT2D eigenvalue weighted by Gasteiger charge is -2.32. The molecule has 9 heteroatoms. The molecule has 31 heavy (non-hydrogen) atoms. The van der Waals surface area contributed by atoms with Crippen molar-refractivity contribution in [2.24, 2.45) is 5.92 Å². The number of hydrogen-bond acceptors (Lipinski definition) is 6. The molecule has 0 saturated carbocycles. The molecule has 2 rings (SSSR count). The predicted molar refractivity (Wildman–Crippen MR) is 115 cm³/mol. The molecule has 0 bridgehead atoms. The standard InChI is InChI=1S/C22H33N3O6/c1-14(2)30-17-8-7-16(13-18(17)29-6)20(27)24-23-19(26)15-9-11-25(12-10-15)21(28)31-22(3,4)5/h7-8,13-15H,9-12H2,1-6H3,(H,23,26)(H,24,27). The molecule has 0 radical (unpaired) electrons. The number of nitrogens with zero attached hydrogens (tertiary/aromatic N) is 1. The van der Waals surface area contributed by atoms with Gasteiger partial charge >= 0.3 is 6.09 Å². The summed E-state index contributed by atoms with van der Waals surface area (Å²) in [6, 6.07) is 4.81. The lowest BCUT2D eigenvalue weighted by atomic mass is 9.96. The molecule has 1 aromatic rings. The van der Waals surface area contributed by atoms with Gasteiger partial charge in [-0.1, -0.05) is 0 Å². The van der Waals surface area contributed by atoms with Gasteiger partial charge in [0.1, 0.15) is 5.60 Å². The average molecular weight is 436 g/mol. The first-order chi connectivity index (χ1) is 14.5. The van der Waals surface area contributed by atoms with Crippen LogP contribution in [0.5, 0.6) is 11.5 Å². The van der Waals surface area contributed by atoms with Crippen molar-refractivity contribution in [1.82, 2.24) is 15.8 Å². The number of ether oxygens (including phenoxy) is 3. The van der Waals surface area contributed by atoms with Crippen LogP contribution in [0.4, 0.5) is 4.79 Å². The molecule has 2 N–H and O–H groups in total. The Kier molecular flexibility index (Phi) is 8.13. The quantitative estimate of drug-likeness (QED) is 0.689. The number of nitrogens with one attached hydrogen (secondary N) is 2. The van der Waals surface area contributed by atoms with Crippen LogP contribution in [0.15, 0.2) is 18.2 Å². The van der Waals surface area contributed by atoms with Gasteiger partial charge < -0.3 is 19.1 Å². The van der Waals surface area contributed by atoms with Gasteiger partial charge in [0.2, 0.25) is 5.91 Å². The van der Waals surface area contributed by atoms with Crippen molar-refractivity contribution in [1.29, 1.82) is 0 Å². The van der Waals surface area contributed by atoms with Crippen molar-refractivity contribution in [3.8, 4) is 11.5 Å². The third kappa shape index (κ3) is 7.34. The highest BCUT2D eigenvalue weighted by Gasteiger charge is 2.30. The topological polar surface area (TPSA) is 106 Å². The third-order valence-electron chi connectivity index (χ3n) is 4.61. The lowest BCUT2D eigenvalue weighted by molar-refractivity contribution is -0.127. The van der Waals surface area contributed by atoms with Gasteiger partial charge in [0.25, 0.3) is 5.91 Å². The second-order valence-corrected chi connectivity index (χ2v) is 8.72. The van der Waals surface area contributed by atoms with E-state index in [9.17, 15) is 14.4 Å². The van der Waals surface area contributed by atoms with Crippen molar-refractivity contribution in [3.63, 3.8) is 0 Å². The molecular formula is C22H33N3O6. The van der Waals surface area contributed by atoms with Gasteiger partial charge in [-0.05, 0) is 65.7 Å². The summed E-state index contributed by atoms with van der Waals surface area (Å²) < 4.78 is 16.3. The van der Waals surface area contributed by atoms with E-state index < -0.39 is 11.5 Å². The average Bonchev–Trinajstić information content (AvgIpc) is 2.70. The van der Waals surface area contributed by atoms with E-state index in [1.54, 1.807) is 23.1 Å². The zero-order valence-electron chi connectivity index (χ0n) is 19.1. The van der Waals surface area contributed by atoms with Crippen LogP contribution >= 0.6 is 0 Å². The van der Waals surface area contributed by atoms with E-state index in [1.165, 1.54) is 7.11 Å². The second-order valence-electron chi connectivity index (χ2n) is 8.72. The van der Waals surface area contributed by atoms with Crippen LogP contribution in [0, 0.1) is 5.92 Å². The Morgan fingerprint density at radius 3 is 2.26 bits per heavy atom. The second kappa shape index (κ2) is 10.4. The SMILES string of the molecule is COc1cc(C(=O)NNC(=O)C2CCN(C(=O)OC(C)(C)C)CC2)ccc1OC(C)C. The smallest absolute Gasteiger partial charge is 0.410 e. The zero-order chi connectivity index (χ0) is 23.2. The van der Waals surface area contributed by atoms with Crippen LogP contribution in [0.1, 0.15) is 57.8 Å². The Balaban J connectivity index is 1.85. The number of carbonyl (C=O) groups is 3. The molecule has 9 nitrogen and oxygen atoms in total. The van der Waals surface area contributed by atoms with E-state index >= 15 is 0 Å². The van der Waals surface area contributed by atoms with Crippen molar-refractivity contribution in [2.45, 2.75) is 59.2 Å². The summed E-state index contributed by atoms with van der Waals surface area (Å²) in [7, 11) is 1.50. The summed E-state index contributed by atoms with van der Waals surface area (Å²) in [5.41, 5.74) is 4.67. The molecule has 0 atom stereocenters. The van der Waals surface area contributed by atoms with Gasteiger partial charge in [-0.3, -0.25) is 20.4 Å². The van der Waals surface area contributed by atoms with Gasteiger partial charge in [0, 0.05) is 24.6 Å². The van der Waals surface area contributed by atoms with Crippen molar-refractivity contribution < 1.29 is 28.6 Å². The van der Waals surface area contributed by atoms with Gasteiger partial charge in [-0.15, -0.1) is 0 Å². The van der Waals surface area contributed by atoms with Crippen LogP contribution in [0.3, 0.4) is 0 Å². The molecule has 1 aromatic carbocycles. The summed E-state index contributed by atoms with van der Waals surface area (Å²) in [4.78, 5) is 38.6. The third-order valence-corrected chi connectivity index (χ3v) is 4.61. The van der Waals surface area contributed by atoms with Crippen LogP contribution in [-0.2, 0) is 9.53 Å². The molecule has 0 spiro atoms. The minimum Gasteiger partial charge on any atom is -0.493 e. The number of rotatable bonds is 5. The zero-order valence-corrected chi connectivity index (χ0v) is 19.1. The van der Waals surface area contributed by atoms with Crippen LogP contribution in [-0.4, -0.2) is 54.7 Å². The van der Waals surface area contributed by atoms with Crippen LogP contribution in [0.25, 0.3) is 0 Å². The summed E-state index contributed by atoms with van der Waals surface area (Å²) in [5, 5.41) is 0. The fourth-order valence-corrected chi connectivity index (χ4v) is 3.10. The molecule has 3 amide bonds. The van der Waals surface area contributed by atoms with Crippen LogP contribution < -0.4 is 20.3 Å². The number of hydrazine groups is 1. The molecule has 1 saturated heterocycles. The number of methoxy groups -OCH3 is 1. The summed E-state index contributed by atoms with van der Waals surface area (Å²) in [5.74, 6) is -0.0785. The number of piperidine rings is 1. The Morgan fingerprint density at radius 2 is 1.71 bits per heavy atom. The molecule has 1 aliphatic heterocycles. The summed E-state index contributed by atoms with van der Waals surface area (Å²) >= 11 is 0. The molecular weight excluding hydrogens is 402 g/mol. The Labute approximate surface area is 183 Å². The fourth-order valence-electron chi connectivity index (χ4n) is 3.10. The lowest BCUT2D eigenvalue weighted by Crippen LogP contribution is -2.48. The van der Waals surface area contributed by atoms with Gasteiger partial charge in [-0.2, -0.15) is 0 Å². The number of benzene rings is 1. The Morgan fingerprint density at radius 1 is 1.06 bits per heavy atom. The van der Waals surface area contributed by atoms with Crippen molar-refractivity contribution in [3.05, 3.63) is 23.8 Å². The molecule has 0 aliphatic carbocycles. The van der Waals surface area contributed by atoms with Gasteiger partial charge in [0.05, 0.1) is 13.2 Å². The molecule has 0 unspecified atom stereocenters. The maximum Gasteiger partial charge on any atom is 0.410 e. The van der Waals surface area contributed by atoms with Crippen molar-refractivity contribution >= 4 is 17.9 Å². The van der Waals surface area contributed by atoms with E-state index in [1.807, 2.05) is 34.6 Å². The largest absolute Gasteiger partial charge is 0.493 e. The van der Waals surface area contributed by atoms with E-state index in [-0.39, 0.29) is 24.0 Å². The minimum atomic E-state index is -0.558. The van der Waals surface area contributed by atoms with Crippen LogP contribution in [0.2, 0.25) is 0 Å². The Hall–Kier alpha value is -2.97. The van der Waals surface area contributed by atoms with Gasteiger partial charge in [-0.25, -0.2) is 4.79 Å². The normalized spacial score (nSPS) is 14.7. The number of likely N-dealkylation sites (tertiary alicyclic amines) is 1. The molecule has 0 aromatic heterocycles.